The summed E-state index contributed by atoms with van der Waals surface area (Å²) in [6, 6.07) is 7.84. The van der Waals surface area contributed by atoms with Gasteiger partial charge in [-0.3, -0.25) is 4.79 Å². The van der Waals surface area contributed by atoms with Crippen molar-refractivity contribution in [2.45, 2.75) is 6.04 Å². The molecular weight excluding hydrogens is 339 g/mol. The molecule has 0 bridgehead atoms. The van der Waals surface area contributed by atoms with Gasteiger partial charge in [-0.2, -0.15) is 0 Å². The fourth-order valence-corrected chi connectivity index (χ4v) is 2.89. The Morgan fingerprint density at radius 3 is 3.00 bits per heavy atom. The highest BCUT2D eigenvalue weighted by molar-refractivity contribution is 9.10. The molecule has 0 radical (unpaired) electrons. The van der Waals surface area contributed by atoms with Gasteiger partial charge in [-0.1, -0.05) is 12.1 Å². The first-order valence-electron chi connectivity index (χ1n) is 6.66. The number of piperazine rings is 1. The van der Waals surface area contributed by atoms with E-state index in [2.05, 4.69) is 21.2 Å². The lowest BCUT2D eigenvalue weighted by Crippen LogP contribution is -2.48. The highest BCUT2D eigenvalue weighted by Gasteiger charge is 2.29. The van der Waals surface area contributed by atoms with Crippen LogP contribution in [0.25, 0.3) is 0 Å². The number of rotatable bonds is 2. The van der Waals surface area contributed by atoms with Crippen molar-refractivity contribution in [1.82, 2.24) is 10.2 Å². The molecule has 1 aliphatic rings. The summed E-state index contributed by atoms with van der Waals surface area (Å²) in [4.78, 5) is 14.4. The van der Waals surface area contributed by atoms with E-state index in [0.29, 0.717) is 23.3 Å². The van der Waals surface area contributed by atoms with Gasteiger partial charge in [-0.25, -0.2) is 4.39 Å². The smallest absolute Gasteiger partial charge is 0.257 e. The molecule has 1 aromatic carbocycles. The molecule has 0 saturated carbocycles. The molecule has 110 valence electrons. The topological polar surface area (TPSA) is 45.5 Å². The number of hydrogen-bond acceptors (Lipinski definition) is 3. The Morgan fingerprint density at radius 1 is 1.43 bits per heavy atom. The van der Waals surface area contributed by atoms with Crippen molar-refractivity contribution in [2.24, 2.45) is 0 Å². The Bertz CT molecular complexity index is 659. The van der Waals surface area contributed by atoms with Crippen molar-refractivity contribution in [1.29, 1.82) is 0 Å². The predicted molar refractivity (Wildman–Crippen MR) is 79.5 cm³/mol. The molecule has 0 spiro atoms. The summed E-state index contributed by atoms with van der Waals surface area (Å²) in [5.74, 6) is -0.406. The van der Waals surface area contributed by atoms with Gasteiger partial charge in [0.15, 0.2) is 4.67 Å². The maximum atomic E-state index is 13.4. The van der Waals surface area contributed by atoms with E-state index in [0.717, 1.165) is 12.1 Å². The van der Waals surface area contributed by atoms with Crippen molar-refractivity contribution in [2.75, 3.05) is 19.6 Å². The van der Waals surface area contributed by atoms with Crippen LogP contribution in [-0.2, 0) is 0 Å². The molecule has 21 heavy (non-hydrogen) atoms. The molecule has 1 aliphatic heterocycles. The maximum Gasteiger partial charge on any atom is 0.257 e. The van der Waals surface area contributed by atoms with Crippen LogP contribution in [0.3, 0.4) is 0 Å². The van der Waals surface area contributed by atoms with E-state index in [-0.39, 0.29) is 17.8 Å². The van der Waals surface area contributed by atoms with Gasteiger partial charge >= 0.3 is 0 Å². The number of furan rings is 1. The van der Waals surface area contributed by atoms with Gasteiger partial charge in [0.05, 0.1) is 11.6 Å². The molecule has 6 heteroatoms. The van der Waals surface area contributed by atoms with Gasteiger partial charge in [-0.05, 0) is 33.6 Å². The van der Waals surface area contributed by atoms with E-state index in [1.807, 2.05) is 6.07 Å². The van der Waals surface area contributed by atoms with Gasteiger partial charge in [0.1, 0.15) is 12.1 Å². The molecule has 1 N–H and O–H groups in total. The number of amides is 1. The lowest BCUT2D eigenvalue weighted by Gasteiger charge is -2.36. The molecule has 1 aromatic heterocycles. The van der Waals surface area contributed by atoms with Crippen molar-refractivity contribution in [3.8, 4) is 0 Å². The third-order valence-electron chi connectivity index (χ3n) is 3.55. The second-order valence-electron chi connectivity index (χ2n) is 4.91. The van der Waals surface area contributed by atoms with Crippen LogP contribution >= 0.6 is 15.9 Å². The van der Waals surface area contributed by atoms with Gasteiger partial charge in [0.25, 0.3) is 5.91 Å². The lowest BCUT2D eigenvalue weighted by atomic mass is 10.0. The molecule has 2 heterocycles. The molecule has 4 nitrogen and oxygen atoms in total. The van der Waals surface area contributed by atoms with E-state index < -0.39 is 0 Å². The van der Waals surface area contributed by atoms with Gasteiger partial charge in [-0.15, -0.1) is 0 Å². The molecule has 1 amide bonds. The summed E-state index contributed by atoms with van der Waals surface area (Å²) in [5.41, 5.74) is 1.28. The number of benzene rings is 1. The van der Waals surface area contributed by atoms with Crippen LogP contribution in [0.5, 0.6) is 0 Å². The van der Waals surface area contributed by atoms with E-state index in [1.165, 1.54) is 18.4 Å². The third kappa shape index (κ3) is 3.01. The molecule has 1 atom stereocenters. The Labute approximate surface area is 130 Å². The molecule has 1 unspecified atom stereocenters. The summed E-state index contributed by atoms with van der Waals surface area (Å²) in [7, 11) is 0. The molecule has 2 aromatic rings. The van der Waals surface area contributed by atoms with Crippen LogP contribution in [-0.4, -0.2) is 30.4 Å². The summed E-state index contributed by atoms with van der Waals surface area (Å²) in [6.45, 7) is 1.90. The van der Waals surface area contributed by atoms with Crippen molar-refractivity contribution in [3.05, 3.63) is 58.2 Å². The first kappa shape index (κ1) is 14.3. The zero-order valence-electron chi connectivity index (χ0n) is 11.2. The number of nitrogens with one attached hydrogen (secondary N) is 1. The molecule has 1 fully saturated rings. The van der Waals surface area contributed by atoms with E-state index in [1.54, 1.807) is 17.0 Å². The quantitative estimate of drug-likeness (QED) is 0.903. The Morgan fingerprint density at radius 2 is 2.29 bits per heavy atom. The second-order valence-corrected chi connectivity index (χ2v) is 5.69. The van der Waals surface area contributed by atoms with Gasteiger partial charge in [0, 0.05) is 25.7 Å². The monoisotopic (exact) mass is 352 g/mol. The summed E-state index contributed by atoms with van der Waals surface area (Å²) in [5, 5.41) is 3.25. The third-order valence-corrected chi connectivity index (χ3v) is 3.97. The summed E-state index contributed by atoms with van der Waals surface area (Å²) >= 11 is 3.19. The van der Waals surface area contributed by atoms with Crippen LogP contribution in [0.2, 0.25) is 0 Å². The van der Waals surface area contributed by atoms with E-state index >= 15 is 0 Å². The molecular formula is C15H14BrFN2O2. The van der Waals surface area contributed by atoms with Crippen LogP contribution < -0.4 is 5.32 Å². The Balaban J connectivity index is 1.89. The van der Waals surface area contributed by atoms with E-state index in [4.69, 9.17) is 4.42 Å². The number of hydrogen-bond donors (Lipinski definition) is 1. The van der Waals surface area contributed by atoms with Crippen LogP contribution in [0, 0.1) is 5.82 Å². The summed E-state index contributed by atoms with van der Waals surface area (Å²) < 4.78 is 19.1. The number of nitrogens with zero attached hydrogens (tertiary/aromatic N) is 1. The second kappa shape index (κ2) is 5.99. The fourth-order valence-electron chi connectivity index (χ4n) is 2.55. The minimum Gasteiger partial charge on any atom is -0.457 e. The minimum absolute atomic E-state index is 0.111. The lowest BCUT2D eigenvalue weighted by molar-refractivity contribution is 0.0633. The molecule has 1 saturated heterocycles. The van der Waals surface area contributed by atoms with Crippen LogP contribution in [0.1, 0.15) is 22.0 Å². The standard InChI is InChI=1S/C15H14BrFN2O2/c16-14-7-11(9-21-14)15(20)19-5-4-18-8-13(19)10-2-1-3-12(17)6-10/h1-3,6-7,9,13,18H,4-5,8H2. The first-order valence-corrected chi connectivity index (χ1v) is 7.45. The van der Waals surface area contributed by atoms with Crippen molar-refractivity contribution >= 4 is 21.8 Å². The fraction of sp³-hybridized carbons (Fsp3) is 0.267. The van der Waals surface area contributed by atoms with Crippen LogP contribution in [0.15, 0.2) is 45.7 Å². The first-order chi connectivity index (χ1) is 10.1. The average molecular weight is 353 g/mol. The van der Waals surface area contributed by atoms with Crippen molar-refractivity contribution in [3.63, 3.8) is 0 Å². The average Bonchev–Trinajstić information content (AvgIpc) is 2.93. The normalized spacial score (nSPS) is 18.8. The number of carbonyl (C=O) groups is 1. The predicted octanol–water partition coefficient (Wildman–Crippen LogP) is 2.97. The molecule has 0 aliphatic carbocycles. The van der Waals surface area contributed by atoms with Crippen molar-refractivity contribution < 1.29 is 13.6 Å². The Kier molecular flexibility index (Phi) is 4.07. The SMILES string of the molecule is O=C(c1coc(Br)c1)N1CCNCC1c1cccc(F)c1. The molecule has 3 rings (SSSR count). The van der Waals surface area contributed by atoms with Gasteiger partial charge < -0.3 is 14.6 Å². The van der Waals surface area contributed by atoms with Gasteiger partial charge in [0.2, 0.25) is 0 Å². The largest absolute Gasteiger partial charge is 0.457 e. The zero-order valence-corrected chi connectivity index (χ0v) is 12.8. The number of carbonyl (C=O) groups excluding carboxylic acids is 1. The van der Waals surface area contributed by atoms with Crippen LogP contribution in [0.4, 0.5) is 4.39 Å². The zero-order chi connectivity index (χ0) is 14.8. The highest BCUT2D eigenvalue weighted by Crippen LogP contribution is 2.26. The maximum absolute atomic E-state index is 13.4. The Hall–Kier alpha value is -1.66. The number of halogens is 2. The summed E-state index contributed by atoms with van der Waals surface area (Å²) in [6.07, 6.45) is 1.43. The minimum atomic E-state index is -0.295. The van der Waals surface area contributed by atoms with E-state index in [9.17, 15) is 9.18 Å². The highest BCUT2D eigenvalue weighted by atomic mass is 79.9.